The van der Waals surface area contributed by atoms with Crippen LogP contribution in [0.2, 0.25) is 0 Å². The number of aromatic nitrogens is 3. The maximum atomic E-state index is 12.7. The van der Waals surface area contributed by atoms with E-state index in [-0.39, 0.29) is 23.6 Å². The highest BCUT2D eigenvalue weighted by Crippen LogP contribution is 2.36. The Morgan fingerprint density at radius 2 is 2.04 bits per heavy atom. The number of nitrogens with zero attached hydrogens (tertiary/aromatic N) is 3. The number of rotatable bonds is 7. The van der Waals surface area contributed by atoms with Crippen LogP contribution in [0, 0.1) is 5.92 Å². The summed E-state index contributed by atoms with van der Waals surface area (Å²) in [6.07, 6.45) is -2.62. The molecule has 9 heteroatoms. The molecule has 1 saturated carbocycles. The lowest BCUT2D eigenvalue weighted by Crippen LogP contribution is -2.46. The molecule has 130 valence electrons. The van der Waals surface area contributed by atoms with Crippen LogP contribution in [0.15, 0.2) is 5.16 Å². The maximum Gasteiger partial charge on any atom is 0.406 e. The van der Waals surface area contributed by atoms with Crippen LogP contribution in [0.3, 0.4) is 0 Å². The first-order valence-electron chi connectivity index (χ1n) is 7.58. The summed E-state index contributed by atoms with van der Waals surface area (Å²) in [7, 11) is 0. The summed E-state index contributed by atoms with van der Waals surface area (Å²) in [5.41, 5.74) is 0. The minimum absolute atomic E-state index is 0.0947. The lowest BCUT2D eigenvalue weighted by Gasteiger charge is -2.30. The van der Waals surface area contributed by atoms with Gasteiger partial charge in [-0.3, -0.25) is 9.89 Å². The van der Waals surface area contributed by atoms with E-state index >= 15 is 0 Å². The smallest absolute Gasteiger partial charge is 0.330 e. The fourth-order valence-electron chi connectivity index (χ4n) is 2.28. The first kappa shape index (κ1) is 18.1. The molecule has 1 heterocycles. The van der Waals surface area contributed by atoms with Crippen molar-refractivity contribution >= 4 is 17.7 Å². The summed E-state index contributed by atoms with van der Waals surface area (Å²) < 4.78 is 38.2. The third kappa shape index (κ3) is 5.40. The molecule has 0 radical (unpaired) electrons. The van der Waals surface area contributed by atoms with Crippen molar-refractivity contribution in [3.63, 3.8) is 0 Å². The number of amides is 1. The highest BCUT2D eigenvalue weighted by molar-refractivity contribution is 7.99. The molecule has 1 aliphatic carbocycles. The van der Waals surface area contributed by atoms with Crippen molar-refractivity contribution in [1.82, 2.24) is 20.1 Å². The molecule has 0 aliphatic heterocycles. The molecule has 0 unspecified atom stereocenters. The predicted octanol–water partition coefficient (Wildman–Crippen LogP) is 3.21. The summed E-state index contributed by atoms with van der Waals surface area (Å²) in [6.45, 7) is 4.38. The Kier molecular flexibility index (Phi) is 5.59. The molecule has 1 aromatic rings. The first-order chi connectivity index (χ1) is 10.7. The molecular formula is C14H21F3N4OS. The van der Waals surface area contributed by atoms with Gasteiger partial charge in [0.25, 0.3) is 0 Å². The molecule has 1 amide bonds. The third-order valence-electron chi connectivity index (χ3n) is 3.82. The minimum Gasteiger partial charge on any atom is -0.330 e. The Balaban J connectivity index is 1.96. The van der Waals surface area contributed by atoms with Gasteiger partial charge in [0.2, 0.25) is 11.1 Å². The Labute approximate surface area is 137 Å². The van der Waals surface area contributed by atoms with Crippen molar-refractivity contribution in [3.8, 4) is 0 Å². The molecule has 1 aliphatic rings. The number of aromatic amines is 1. The van der Waals surface area contributed by atoms with Crippen molar-refractivity contribution in [2.24, 2.45) is 5.92 Å². The largest absolute Gasteiger partial charge is 0.406 e. The van der Waals surface area contributed by atoms with Gasteiger partial charge in [0.1, 0.15) is 12.4 Å². The highest BCUT2D eigenvalue weighted by Gasteiger charge is 2.40. The monoisotopic (exact) mass is 350 g/mol. The van der Waals surface area contributed by atoms with Crippen LogP contribution < -0.4 is 0 Å². The normalized spacial score (nSPS) is 16.7. The van der Waals surface area contributed by atoms with Crippen molar-refractivity contribution < 1.29 is 18.0 Å². The van der Waals surface area contributed by atoms with E-state index in [1.165, 1.54) is 0 Å². The second kappa shape index (κ2) is 7.11. The average Bonchev–Trinajstić information content (AvgIpc) is 3.18. The van der Waals surface area contributed by atoms with Gasteiger partial charge < -0.3 is 4.90 Å². The molecule has 1 atom stereocenters. The second-order valence-electron chi connectivity index (χ2n) is 6.16. The van der Waals surface area contributed by atoms with Crippen LogP contribution >= 0.6 is 11.8 Å². The number of halogens is 3. The minimum atomic E-state index is -4.39. The van der Waals surface area contributed by atoms with Crippen molar-refractivity contribution in [2.45, 2.75) is 56.9 Å². The van der Waals surface area contributed by atoms with Crippen LogP contribution in [-0.4, -0.2) is 50.5 Å². The summed E-state index contributed by atoms with van der Waals surface area (Å²) >= 11 is 1.06. The topological polar surface area (TPSA) is 61.9 Å². The zero-order valence-corrected chi connectivity index (χ0v) is 14.2. The molecular weight excluding hydrogens is 329 g/mol. The van der Waals surface area contributed by atoms with E-state index in [0.717, 1.165) is 29.5 Å². The number of hydrogen-bond acceptors (Lipinski definition) is 4. The highest BCUT2D eigenvalue weighted by atomic mass is 32.2. The van der Waals surface area contributed by atoms with Gasteiger partial charge in [0.15, 0.2) is 0 Å². The molecule has 5 nitrogen and oxygen atoms in total. The number of alkyl halides is 3. The number of nitrogens with one attached hydrogen (secondary N) is 1. The van der Waals surface area contributed by atoms with E-state index in [1.54, 1.807) is 6.92 Å². The van der Waals surface area contributed by atoms with Gasteiger partial charge in [-0.05, 0) is 25.7 Å². The van der Waals surface area contributed by atoms with E-state index in [2.05, 4.69) is 15.2 Å². The molecule has 0 spiro atoms. The van der Waals surface area contributed by atoms with Crippen LogP contribution in [0.4, 0.5) is 13.2 Å². The summed E-state index contributed by atoms with van der Waals surface area (Å²) in [5.74, 6) is 0.426. The van der Waals surface area contributed by atoms with Crippen LogP contribution in [0.1, 0.15) is 45.4 Å². The molecule has 0 bridgehead atoms. The molecule has 23 heavy (non-hydrogen) atoms. The van der Waals surface area contributed by atoms with Gasteiger partial charge in [-0.1, -0.05) is 25.6 Å². The van der Waals surface area contributed by atoms with E-state index in [1.807, 2.05) is 13.8 Å². The van der Waals surface area contributed by atoms with Gasteiger partial charge in [-0.25, -0.2) is 4.98 Å². The van der Waals surface area contributed by atoms with Gasteiger partial charge in [-0.15, -0.1) is 5.10 Å². The molecule has 1 aromatic heterocycles. The molecule has 1 fully saturated rings. The fourth-order valence-corrected chi connectivity index (χ4v) is 2.97. The van der Waals surface area contributed by atoms with Crippen molar-refractivity contribution in [3.05, 3.63) is 5.82 Å². The van der Waals surface area contributed by atoms with Crippen molar-refractivity contribution in [1.29, 1.82) is 0 Å². The van der Waals surface area contributed by atoms with E-state index < -0.39 is 18.6 Å². The summed E-state index contributed by atoms with van der Waals surface area (Å²) in [4.78, 5) is 17.4. The van der Waals surface area contributed by atoms with Crippen LogP contribution in [0.25, 0.3) is 0 Å². The Hall–Kier alpha value is -1.25. The second-order valence-corrected chi connectivity index (χ2v) is 7.10. The van der Waals surface area contributed by atoms with Gasteiger partial charge in [-0.2, -0.15) is 13.2 Å². The zero-order valence-electron chi connectivity index (χ0n) is 13.4. The summed E-state index contributed by atoms with van der Waals surface area (Å²) in [6, 6.07) is -0.386. The van der Waals surface area contributed by atoms with Crippen LogP contribution in [-0.2, 0) is 4.79 Å². The Bertz CT molecular complexity index is 542. The first-order valence-corrected chi connectivity index (χ1v) is 8.57. The third-order valence-corrected chi connectivity index (χ3v) is 4.65. The lowest BCUT2D eigenvalue weighted by molar-refractivity contribution is -0.164. The van der Waals surface area contributed by atoms with E-state index in [9.17, 15) is 18.0 Å². The zero-order chi connectivity index (χ0) is 17.2. The molecule has 1 N–H and O–H groups in total. The predicted molar refractivity (Wildman–Crippen MR) is 81.1 cm³/mol. The van der Waals surface area contributed by atoms with E-state index in [0.29, 0.717) is 11.0 Å². The quantitative estimate of drug-likeness (QED) is 0.767. The number of carbonyl (C=O) groups is 1. The number of hydrogen-bond donors (Lipinski definition) is 1. The Morgan fingerprint density at radius 3 is 2.52 bits per heavy atom. The average molecular weight is 350 g/mol. The number of H-pyrrole nitrogens is 1. The number of carbonyl (C=O) groups excluding carboxylic acids is 1. The molecule has 2 rings (SSSR count). The van der Waals surface area contributed by atoms with Gasteiger partial charge >= 0.3 is 6.18 Å². The molecule has 0 saturated heterocycles. The van der Waals surface area contributed by atoms with Crippen molar-refractivity contribution in [2.75, 3.05) is 12.3 Å². The van der Waals surface area contributed by atoms with E-state index in [4.69, 9.17) is 0 Å². The molecule has 0 aromatic carbocycles. The fraction of sp³-hybridized carbons (Fsp3) is 0.786. The van der Waals surface area contributed by atoms with Crippen LogP contribution in [0.5, 0.6) is 0 Å². The Morgan fingerprint density at radius 1 is 1.39 bits per heavy atom. The summed E-state index contributed by atoms with van der Waals surface area (Å²) in [5, 5.41) is 7.11. The lowest BCUT2D eigenvalue weighted by atomic mass is 10.2. The number of thioether (sulfide) groups is 1. The standard InChI is InChI=1S/C14H21F3N4OS/c1-8(2)12-18-13(20-19-12)23-6-11(22)21(7-14(15,16)17)9(3)10-4-5-10/h8-10H,4-7H2,1-3H3,(H,18,19,20)/t9-/m0/s1. The maximum absolute atomic E-state index is 12.7. The van der Waals surface area contributed by atoms with Gasteiger partial charge in [0.05, 0.1) is 5.75 Å². The SMILES string of the molecule is CC(C)c1nc(SCC(=O)N(CC(F)(F)F)[C@@H](C)C2CC2)n[nH]1. The van der Waals surface area contributed by atoms with Gasteiger partial charge in [0, 0.05) is 12.0 Å².